The number of carbonyl (C=O) groups excluding carboxylic acids is 3. The Bertz CT molecular complexity index is 869. The zero-order valence-corrected chi connectivity index (χ0v) is 14.7. The van der Waals surface area contributed by atoms with E-state index < -0.39 is 11.9 Å². The highest BCUT2D eigenvalue weighted by molar-refractivity contribution is 6.09. The van der Waals surface area contributed by atoms with Crippen molar-refractivity contribution in [2.24, 2.45) is 0 Å². The number of fused-ring (bicyclic) bond motifs is 1. The number of piperazine rings is 1. The summed E-state index contributed by atoms with van der Waals surface area (Å²) in [6.07, 6.45) is 1.06. The Morgan fingerprint density at radius 2 is 1.77 bits per heavy atom. The van der Waals surface area contributed by atoms with Crippen molar-refractivity contribution in [3.05, 3.63) is 35.8 Å². The maximum atomic E-state index is 13.7. The molecule has 3 rings (SSSR count). The van der Waals surface area contributed by atoms with Crippen molar-refractivity contribution in [1.29, 1.82) is 0 Å². The van der Waals surface area contributed by atoms with Gasteiger partial charge in [0, 0.05) is 44.7 Å². The van der Waals surface area contributed by atoms with Crippen LogP contribution in [-0.2, 0) is 4.74 Å². The van der Waals surface area contributed by atoms with Gasteiger partial charge < -0.3 is 14.5 Å². The van der Waals surface area contributed by atoms with E-state index in [-0.39, 0.29) is 17.4 Å². The SMILES string of the molecule is CCOC(=O)N1CCN(C(=O)c2cn(C(C)=O)c3ccc(F)cc23)CC1. The molecule has 0 saturated carbocycles. The minimum absolute atomic E-state index is 0.257. The first-order chi connectivity index (χ1) is 12.4. The molecule has 0 aliphatic carbocycles. The van der Waals surface area contributed by atoms with Crippen molar-refractivity contribution < 1.29 is 23.5 Å². The fourth-order valence-electron chi connectivity index (χ4n) is 3.11. The molecule has 1 aliphatic heterocycles. The van der Waals surface area contributed by atoms with Crippen molar-refractivity contribution in [2.75, 3.05) is 32.8 Å². The number of nitrogens with zero attached hydrogens (tertiary/aromatic N) is 3. The molecule has 1 saturated heterocycles. The molecule has 138 valence electrons. The molecule has 2 heterocycles. The standard InChI is InChI=1S/C18H20FN3O4/c1-3-26-18(25)21-8-6-20(7-9-21)17(24)15-11-22(12(2)23)16-5-4-13(19)10-14(15)16/h4-5,10-11H,3,6-9H2,1-2H3. The molecular weight excluding hydrogens is 341 g/mol. The normalized spacial score (nSPS) is 14.6. The minimum Gasteiger partial charge on any atom is -0.450 e. The number of carbonyl (C=O) groups is 3. The third kappa shape index (κ3) is 3.26. The maximum Gasteiger partial charge on any atom is 0.409 e. The van der Waals surface area contributed by atoms with Crippen molar-refractivity contribution in [1.82, 2.24) is 14.4 Å². The Labute approximate surface area is 149 Å². The van der Waals surface area contributed by atoms with Crippen LogP contribution in [0.5, 0.6) is 0 Å². The smallest absolute Gasteiger partial charge is 0.409 e. The number of halogens is 1. The highest BCUT2D eigenvalue weighted by Crippen LogP contribution is 2.24. The monoisotopic (exact) mass is 361 g/mol. The molecule has 7 nitrogen and oxygen atoms in total. The number of ether oxygens (including phenoxy) is 1. The van der Waals surface area contributed by atoms with Crippen LogP contribution in [0.25, 0.3) is 10.9 Å². The van der Waals surface area contributed by atoms with E-state index in [2.05, 4.69) is 0 Å². The molecule has 0 radical (unpaired) electrons. The predicted molar refractivity (Wildman–Crippen MR) is 92.7 cm³/mol. The average Bonchev–Trinajstić information content (AvgIpc) is 3.00. The van der Waals surface area contributed by atoms with Crippen molar-refractivity contribution in [3.8, 4) is 0 Å². The van der Waals surface area contributed by atoms with E-state index in [1.54, 1.807) is 16.7 Å². The zero-order chi connectivity index (χ0) is 18.8. The number of amides is 2. The molecular formula is C18H20FN3O4. The quantitative estimate of drug-likeness (QED) is 0.823. The van der Waals surface area contributed by atoms with Gasteiger partial charge in [-0.3, -0.25) is 14.2 Å². The van der Waals surface area contributed by atoms with Crippen LogP contribution in [0.1, 0.15) is 29.0 Å². The highest BCUT2D eigenvalue weighted by atomic mass is 19.1. The van der Waals surface area contributed by atoms with E-state index in [4.69, 9.17) is 4.74 Å². The molecule has 26 heavy (non-hydrogen) atoms. The second-order valence-corrected chi connectivity index (χ2v) is 6.07. The van der Waals surface area contributed by atoms with Gasteiger partial charge in [-0.05, 0) is 25.1 Å². The first-order valence-electron chi connectivity index (χ1n) is 8.45. The third-order valence-electron chi connectivity index (χ3n) is 4.43. The molecule has 1 aliphatic rings. The lowest BCUT2D eigenvalue weighted by Gasteiger charge is -2.34. The van der Waals surface area contributed by atoms with Gasteiger partial charge in [0.1, 0.15) is 5.82 Å². The van der Waals surface area contributed by atoms with Gasteiger partial charge in [0.15, 0.2) is 0 Å². The van der Waals surface area contributed by atoms with Gasteiger partial charge in [0.25, 0.3) is 5.91 Å². The molecule has 0 N–H and O–H groups in total. The predicted octanol–water partition coefficient (Wildman–Crippen LogP) is 2.35. The maximum absolute atomic E-state index is 13.7. The summed E-state index contributed by atoms with van der Waals surface area (Å²) in [5.41, 5.74) is 0.770. The molecule has 1 aromatic heterocycles. The Balaban J connectivity index is 1.84. The Morgan fingerprint density at radius 3 is 2.38 bits per heavy atom. The fraction of sp³-hybridized carbons (Fsp3) is 0.389. The van der Waals surface area contributed by atoms with E-state index in [0.717, 1.165) is 0 Å². The van der Waals surface area contributed by atoms with Gasteiger partial charge in [-0.1, -0.05) is 0 Å². The topological polar surface area (TPSA) is 71.8 Å². The van der Waals surface area contributed by atoms with Gasteiger partial charge in [0.2, 0.25) is 5.91 Å². The first-order valence-corrected chi connectivity index (χ1v) is 8.45. The van der Waals surface area contributed by atoms with E-state index in [1.165, 1.54) is 35.9 Å². The molecule has 2 amide bonds. The summed E-state index contributed by atoms with van der Waals surface area (Å²) in [4.78, 5) is 39.6. The van der Waals surface area contributed by atoms with Gasteiger partial charge in [-0.2, -0.15) is 0 Å². The van der Waals surface area contributed by atoms with Crippen LogP contribution >= 0.6 is 0 Å². The molecule has 0 atom stereocenters. The van der Waals surface area contributed by atoms with Gasteiger partial charge in [-0.15, -0.1) is 0 Å². The summed E-state index contributed by atoms with van der Waals surface area (Å²) in [6.45, 7) is 4.85. The molecule has 2 aromatic rings. The summed E-state index contributed by atoms with van der Waals surface area (Å²) in [7, 11) is 0. The lowest BCUT2D eigenvalue weighted by Crippen LogP contribution is -2.50. The minimum atomic E-state index is -0.472. The van der Waals surface area contributed by atoms with Crippen LogP contribution in [0.4, 0.5) is 9.18 Å². The van der Waals surface area contributed by atoms with Gasteiger partial charge in [0.05, 0.1) is 17.7 Å². The van der Waals surface area contributed by atoms with Crippen LogP contribution in [0.15, 0.2) is 24.4 Å². The largest absolute Gasteiger partial charge is 0.450 e. The summed E-state index contributed by atoms with van der Waals surface area (Å²) < 4.78 is 20.0. The van der Waals surface area contributed by atoms with E-state index >= 15 is 0 Å². The highest BCUT2D eigenvalue weighted by Gasteiger charge is 2.27. The lowest BCUT2D eigenvalue weighted by molar-refractivity contribution is 0.0572. The fourth-order valence-corrected chi connectivity index (χ4v) is 3.11. The summed E-state index contributed by atoms with van der Waals surface area (Å²) >= 11 is 0. The molecule has 0 unspecified atom stereocenters. The summed E-state index contributed by atoms with van der Waals surface area (Å²) in [5, 5.41) is 0.401. The summed E-state index contributed by atoms with van der Waals surface area (Å²) in [6, 6.07) is 4.01. The average molecular weight is 361 g/mol. The van der Waals surface area contributed by atoms with Gasteiger partial charge >= 0.3 is 6.09 Å². The summed E-state index contributed by atoms with van der Waals surface area (Å²) in [5.74, 6) is -1.02. The van der Waals surface area contributed by atoms with Crippen LogP contribution < -0.4 is 0 Å². The third-order valence-corrected chi connectivity index (χ3v) is 4.43. The first kappa shape index (κ1) is 17.9. The molecule has 8 heteroatoms. The van der Waals surface area contributed by atoms with Crippen molar-refractivity contribution >= 4 is 28.8 Å². The molecule has 1 aromatic carbocycles. The second-order valence-electron chi connectivity index (χ2n) is 6.07. The second kappa shape index (κ2) is 7.15. The van der Waals surface area contributed by atoms with Crippen LogP contribution in [0.3, 0.4) is 0 Å². The van der Waals surface area contributed by atoms with Crippen LogP contribution in [0.2, 0.25) is 0 Å². The lowest BCUT2D eigenvalue weighted by atomic mass is 10.1. The van der Waals surface area contributed by atoms with Crippen LogP contribution in [0, 0.1) is 5.82 Å². The Kier molecular flexibility index (Phi) is 4.92. The van der Waals surface area contributed by atoms with Gasteiger partial charge in [-0.25, -0.2) is 9.18 Å². The molecule has 1 fully saturated rings. The number of benzene rings is 1. The number of hydrogen-bond acceptors (Lipinski definition) is 4. The van der Waals surface area contributed by atoms with E-state index in [9.17, 15) is 18.8 Å². The number of hydrogen-bond donors (Lipinski definition) is 0. The zero-order valence-electron chi connectivity index (χ0n) is 14.7. The van der Waals surface area contributed by atoms with E-state index in [0.29, 0.717) is 43.7 Å². The number of aromatic nitrogens is 1. The Morgan fingerprint density at radius 1 is 1.12 bits per heavy atom. The van der Waals surface area contributed by atoms with Crippen molar-refractivity contribution in [2.45, 2.75) is 13.8 Å². The van der Waals surface area contributed by atoms with Crippen molar-refractivity contribution in [3.63, 3.8) is 0 Å². The van der Waals surface area contributed by atoms with Crippen LogP contribution in [-0.4, -0.2) is 65.1 Å². The molecule has 0 spiro atoms. The Hall–Kier alpha value is -2.90. The number of rotatable bonds is 2. The molecule has 0 bridgehead atoms. The van der Waals surface area contributed by atoms with E-state index in [1.807, 2.05) is 0 Å².